The number of rotatable bonds is 6. The molecule has 19 heavy (non-hydrogen) atoms. The lowest BCUT2D eigenvalue weighted by atomic mass is 9.92. The normalized spacial score (nSPS) is 16.8. The number of aliphatic hydroxyl groups excluding tert-OH is 1. The number of nitrogens with two attached hydrogens (primary N) is 1. The lowest BCUT2D eigenvalue weighted by Gasteiger charge is -2.25. The van der Waals surface area contributed by atoms with Crippen LogP contribution in [0.5, 0.6) is 5.75 Å². The highest BCUT2D eigenvalue weighted by Gasteiger charge is 2.22. The van der Waals surface area contributed by atoms with E-state index in [1.54, 1.807) is 0 Å². The van der Waals surface area contributed by atoms with Gasteiger partial charge in [0.05, 0.1) is 12.1 Å². The summed E-state index contributed by atoms with van der Waals surface area (Å²) in [5.41, 5.74) is 7.06. The van der Waals surface area contributed by atoms with Gasteiger partial charge in [-0.1, -0.05) is 32.4 Å². The molecule has 3 atom stereocenters. The summed E-state index contributed by atoms with van der Waals surface area (Å²) in [6.45, 7) is 10.5. The minimum absolute atomic E-state index is 0.202. The van der Waals surface area contributed by atoms with Crippen molar-refractivity contribution in [2.24, 2.45) is 11.7 Å². The van der Waals surface area contributed by atoms with Crippen LogP contribution in [-0.4, -0.2) is 19.5 Å². The maximum Gasteiger partial charge on any atom is 0.242 e. The van der Waals surface area contributed by atoms with Crippen molar-refractivity contribution in [1.82, 2.24) is 0 Å². The van der Waals surface area contributed by atoms with Crippen LogP contribution in [0, 0.1) is 5.92 Å². The molecule has 0 saturated heterocycles. The summed E-state index contributed by atoms with van der Waals surface area (Å²) >= 11 is 0. The van der Waals surface area contributed by atoms with Crippen molar-refractivity contribution in [3.05, 3.63) is 29.8 Å². The molecule has 0 heterocycles. The van der Waals surface area contributed by atoms with E-state index in [0.717, 1.165) is 17.7 Å². The smallest absolute Gasteiger partial charge is 0.242 e. The molecule has 0 aliphatic carbocycles. The molecule has 0 saturated carbocycles. The quantitative estimate of drug-likeness (QED) is 0.787. The molecule has 4 heteroatoms. The third-order valence-corrected chi connectivity index (χ3v) is 4.13. The molecule has 0 fully saturated rings. The Morgan fingerprint density at radius 2 is 1.74 bits per heavy atom. The van der Waals surface area contributed by atoms with Crippen LogP contribution in [-0.2, 0) is 0 Å². The first-order valence-corrected chi connectivity index (χ1v) is 10.4. The molecule has 0 aliphatic heterocycles. The molecule has 1 aromatic rings. The minimum Gasteiger partial charge on any atom is -0.544 e. The Labute approximate surface area is 117 Å². The molecule has 0 amide bonds. The van der Waals surface area contributed by atoms with Gasteiger partial charge in [-0.15, -0.1) is 0 Å². The summed E-state index contributed by atoms with van der Waals surface area (Å²) in [6, 6.07) is 7.45. The van der Waals surface area contributed by atoms with E-state index in [2.05, 4.69) is 26.6 Å². The summed E-state index contributed by atoms with van der Waals surface area (Å²) in [7, 11) is -1.57. The Bertz CT molecular complexity index is 386. The molecule has 3 N–H and O–H groups in total. The van der Waals surface area contributed by atoms with Gasteiger partial charge in [-0.05, 0) is 43.3 Å². The highest BCUT2D eigenvalue weighted by molar-refractivity contribution is 6.70. The van der Waals surface area contributed by atoms with E-state index in [0.29, 0.717) is 0 Å². The zero-order valence-electron chi connectivity index (χ0n) is 12.7. The van der Waals surface area contributed by atoms with E-state index in [-0.39, 0.29) is 12.0 Å². The Kier molecular flexibility index (Phi) is 5.59. The Balaban J connectivity index is 2.76. The van der Waals surface area contributed by atoms with E-state index in [9.17, 15) is 5.11 Å². The van der Waals surface area contributed by atoms with Crippen molar-refractivity contribution < 1.29 is 9.53 Å². The van der Waals surface area contributed by atoms with E-state index in [1.165, 1.54) is 0 Å². The van der Waals surface area contributed by atoms with E-state index >= 15 is 0 Å². The molecular weight excluding hydrogens is 254 g/mol. The van der Waals surface area contributed by atoms with Gasteiger partial charge in [-0.2, -0.15) is 0 Å². The molecule has 108 valence electrons. The van der Waals surface area contributed by atoms with Crippen LogP contribution in [0.15, 0.2) is 24.3 Å². The van der Waals surface area contributed by atoms with Gasteiger partial charge in [0.25, 0.3) is 0 Å². The average Bonchev–Trinajstić information content (AvgIpc) is 2.35. The van der Waals surface area contributed by atoms with Gasteiger partial charge >= 0.3 is 0 Å². The van der Waals surface area contributed by atoms with Crippen molar-refractivity contribution in [1.29, 1.82) is 0 Å². The fourth-order valence-electron chi connectivity index (χ4n) is 1.90. The SMILES string of the molecule is CCC(C)[C@@H](O)[C@@H](N)c1ccc(O[Si](C)(C)C)cc1. The molecule has 0 aromatic heterocycles. The molecule has 0 spiro atoms. The molecular formula is C15H27NO2Si. The Morgan fingerprint density at radius 1 is 1.21 bits per heavy atom. The summed E-state index contributed by atoms with van der Waals surface area (Å²) in [4.78, 5) is 0. The fraction of sp³-hybridized carbons (Fsp3) is 0.600. The van der Waals surface area contributed by atoms with Gasteiger partial charge in [0.15, 0.2) is 0 Å². The summed E-state index contributed by atoms with van der Waals surface area (Å²) < 4.78 is 5.90. The van der Waals surface area contributed by atoms with Gasteiger partial charge in [0.2, 0.25) is 8.32 Å². The van der Waals surface area contributed by atoms with Crippen molar-refractivity contribution in [3.63, 3.8) is 0 Å². The van der Waals surface area contributed by atoms with Crippen molar-refractivity contribution in [2.45, 2.75) is 52.1 Å². The van der Waals surface area contributed by atoms with Gasteiger partial charge in [-0.25, -0.2) is 0 Å². The average molecular weight is 281 g/mol. The van der Waals surface area contributed by atoms with Gasteiger partial charge < -0.3 is 15.3 Å². The summed E-state index contributed by atoms with van der Waals surface area (Å²) in [5, 5.41) is 10.1. The van der Waals surface area contributed by atoms with Crippen molar-refractivity contribution in [2.75, 3.05) is 0 Å². The lowest BCUT2D eigenvalue weighted by Crippen LogP contribution is -2.31. The molecule has 0 radical (unpaired) electrons. The van der Waals surface area contributed by atoms with Gasteiger partial charge in [0, 0.05) is 0 Å². The molecule has 1 aromatic carbocycles. The molecule has 3 nitrogen and oxygen atoms in total. The maximum atomic E-state index is 10.1. The number of benzene rings is 1. The fourth-order valence-corrected chi connectivity index (χ4v) is 2.75. The first-order valence-electron chi connectivity index (χ1n) is 6.97. The van der Waals surface area contributed by atoms with Gasteiger partial charge in [-0.3, -0.25) is 0 Å². The van der Waals surface area contributed by atoms with E-state index < -0.39 is 14.4 Å². The number of aliphatic hydroxyl groups is 1. The molecule has 1 unspecified atom stereocenters. The predicted molar refractivity (Wildman–Crippen MR) is 82.8 cm³/mol. The van der Waals surface area contributed by atoms with E-state index in [1.807, 2.05) is 31.2 Å². The number of hydrogen-bond donors (Lipinski definition) is 2. The second-order valence-electron chi connectivity index (χ2n) is 6.19. The molecule has 0 aliphatic rings. The summed E-state index contributed by atoms with van der Waals surface area (Å²) in [5.74, 6) is 1.08. The third kappa shape index (κ3) is 4.97. The largest absolute Gasteiger partial charge is 0.544 e. The minimum atomic E-state index is -1.57. The van der Waals surface area contributed by atoms with Gasteiger partial charge in [0.1, 0.15) is 5.75 Å². The maximum absolute atomic E-state index is 10.1. The standard InChI is InChI=1S/C15H27NO2Si/c1-6-11(2)15(17)14(16)12-7-9-13(10-8-12)18-19(3,4)5/h7-11,14-15,17H,6,16H2,1-5H3/t11?,14-,15+/m0/s1. The van der Waals surface area contributed by atoms with Crippen LogP contribution in [0.3, 0.4) is 0 Å². The monoisotopic (exact) mass is 281 g/mol. The number of hydrogen-bond acceptors (Lipinski definition) is 3. The highest BCUT2D eigenvalue weighted by Crippen LogP contribution is 2.24. The zero-order valence-corrected chi connectivity index (χ0v) is 13.7. The molecule has 0 bridgehead atoms. The topological polar surface area (TPSA) is 55.5 Å². The second-order valence-corrected chi connectivity index (χ2v) is 10.6. The Morgan fingerprint density at radius 3 is 2.16 bits per heavy atom. The zero-order chi connectivity index (χ0) is 14.6. The Hall–Kier alpha value is -0.843. The van der Waals surface area contributed by atoms with Crippen LogP contribution >= 0.6 is 0 Å². The first-order chi connectivity index (χ1) is 8.74. The van der Waals surface area contributed by atoms with Crippen LogP contribution in [0.4, 0.5) is 0 Å². The first kappa shape index (κ1) is 16.2. The third-order valence-electron chi connectivity index (χ3n) is 3.28. The van der Waals surface area contributed by atoms with Crippen LogP contribution in [0.1, 0.15) is 31.9 Å². The molecule has 1 rings (SSSR count). The predicted octanol–water partition coefficient (Wildman–Crippen LogP) is 3.31. The van der Waals surface area contributed by atoms with Crippen molar-refractivity contribution >= 4 is 8.32 Å². The summed E-state index contributed by atoms with van der Waals surface area (Å²) in [6.07, 6.45) is 0.417. The van der Waals surface area contributed by atoms with Crippen LogP contribution < -0.4 is 10.2 Å². The van der Waals surface area contributed by atoms with Crippen LogP contribution in [0.25, 0.3) is 0 Å². The lowest BCUT2D eigenvalue weighted by molar-refractivity contribution is 0.0880. The van der Waals surface area contributed by atoms with Crippen LogP contribution in [0.2, 0.25) is 19.6 Å². The second kappa shape index (κ2) is 6.55. The van der Waals surface area contributed by atoms with E-state index in [4.69, 9.17) is 10.2 Å². The highest BCUT2D eigenvalue weighted by atomic mass is 28.4. The van der Waals surface area contributed by atoms with Crippen molar-refractivity contribution in [3.8, 4) is 5.75 Å².